The van der Waals surface area contributed by atoms with Crippen LogP contribution in [0.5, 0.6) is 5.88 Å². The number of hydrogen-bond donors (Lipinski definition) is 1. The van der Waals surface area contributed by atoms with Gasteiger partial charge in [0.05, 0.1) is 65.0 Å². The maximum absolute atomic E-state index is 14.7. The van der Waals surface area contributed by atoms with E-state index >= 15 is 0 Å². The number of likely N-dealkylation sites (tertiary alicyclic amines) is 2. The van der Waals surface area contributed by atoms with Crippen LogP contribution < -0.4 is 15.0 Å². The molecule has 2 aromatic heterocycles. The van der Waals surface area contributed by atoms with Gasteiger partial charge in [0.1, 0.15) is 24.6 Å². The van der Waals surface area contributed by atoms with Gasteiger partial charge < -0.3 is 33.6 Å². The van der Waals surface area contributed by atoms with E-state index in [1.807, 2.05) is 11.6 Å². The van der Waals surface area contributed by atoms with E-state index in [0.717, 1.165) is 36.4 Å². The summed E-state index contributed by atoms with van der Waals surface area (Å²) in [6, 6.07) is 6.29. The Labute approximate surface area is 363 Å². The normalized spacial score (nSPS) is 18.9. The Hall–Kier alpha value is -5.02. The van der Waals surface area contributed by atoms with Gasteiger partial charge in [-0.3, -0.25) is 33.9 Å². The van der Waals surface area contributed by atoms with Gasteiger partial charge in [-0.25, -0.2) is 0 Å². The fourth-order valence-electron chi connectivity index (χ4n) is 8.37. The van der Waals surface area contributed by atoms with Crippen LogP contribution in [0.25, 0.3) is 0 Å². The van der Waals surface area contributed by atoms with Crippen molar-refractivity contribution in [3.63, 3.8) is 0 Å². The van der Waals surface area contributed by atoms with Crippen LogP contribution in [0.1, 0.15) is 77.5 Å². The van der Waals surface area contributed by atoms with E-state index in [4.69, 9.17) is 23.7 Å². The number of rotatable bonds is 22. The Kier molecular flexibility index (Phi) is 15.1. The van der Waals surface area contributed by atoms with Crippen LogP contribution in [0.15, 0.2) is 30.6 Å². The van der Waals surface area contributed by atoms with Crippen LogP contribution in [0.3, 0.4) is 0 Å². The largest absolute Gasteiger partial charge is 0.475 e. The highest BCUT2D eigenvalue weighted by Crippen LogP contribution is 2.42. The number of ether oxygens (including phenoxy) is 5. The van der Waals surface area contributed by atoms with Gasteiger partial charge in [0.15, 0.2) is 0 Å². The quantitative estimate of drug-likeness (QED) is 0.115. The lowest BCUT2D eigenvalue weighted by Gasteiger charge is -2.42. The molecule has 0 bridgehead atoms. The molecular formula is C43H55F3N8O9. The number of benzene rings is 1. The molecule has 1 atom stereocenters. The molecule has 0 aliphatic carbocycles. The Bertz CT molecular complexity index is 2100. The number of aryl methyl sites for hydroxylation is 1. The predicted molar refractivity (Wildman–Crippen MR) is 219 cm³/mol. The van der Waals surface area contributed by atoms with E-state index in [2.05, 4.69) is 32.3 Å². The number of hydrogen-bond acceptors (Lipinski definition) is 13. The molecule has 1 N–H and O–H groups in total. The van der Waals surface area contributed by atoms with Crippen molar-refractivity contribution in [3.8, 4) is 5.88 Å². The molecule has 20 heteroatoms. The molecule has 17 nitrogen and oxygen atoms in total. The molecule has 0 radical (unpaired) electrons. The average Bonchev–Trinajstić information content (AvgIpc) is 3.90. The molecule has 3 fully saturated rings. The second-order valence-corrected chi connectivity index (χ2v) is 16.6. The van der Waals surface area contributed by atoms with Crippen molar-refractivity contribution in [2.45, 2.75) is 70.1 Å². The zero-order valence-corrected chi connectivity index (χ0v) is 35.8. The number of nitrogens with zero attached hydrogens (tertiary/aromatic N) is 7. The van der Waals surface area contributed by atoms with Gasteiger partial charge in [-0.15, -0.1) is 10.2 Å². The lowest BCUT2D eigenvalue weighted by Crippen LogP contribution is -2.49. The van der Waals surface area contributed by atoms with E-state index in [-0.39, 0.29) is 112 Å². The maximum atomic E-state index is 14.7. The monoisotopic (exact) mass is 884 g/mol. The Morgan fingerprint density at radius 1 is 0.968 bits per heavy atom. The number of halogens is 3. The van der Waals surface area contributed by atoms with Crippen LogP contribution >= 0.6 is 0 Å². The summed E-state index contributed by atoms with van der Waals surface area (Å²) >= 11 is 0. The second kappa shape index (κ2) is 20.7. The minimum Gasteiger partial charge on any atom is -0.475 e. The van der Waals surface area contributed by atoms with Crippen molar-refractivity contribution < 1.29 is 56.0 Å². The fourth-order valence-corrected chi connectivity index (χ4v) is 8.37. The molecule has 1 aromatic carbocycles. The minimum absolute atomic E-state index is 0.0237. The first-order valence-electron chi connectivity index (χ1n) is 21.5. The Morgan fingerprint density at radius 2 is 1.68 bits per heavy atom. The van der Waals surface area contributed by atoms with E-state index in [0.29, 0.717) is 56.7 Å². The third-order valence-corrected chi connectivity index (χ3v) is 11.8. The van der Waals surface area contributed by atoms with Crippen molar-refractivity contribution in [2.24, 2.45) is 13.0 Å². The molecule has 0 spiro atoms. The molecule has 4 aliphatic rings. The third-order valence-electron chi connectivity index (χ3n) is 11.8. The van der Waals surface area contributed by atoms with Crippen LogP contribution in [0, 0.1) is 5.92 Å². The van der Waals surface area contributed by atoms with E-state index in [9.17, 15) is 32.3 Å². The highest BCUT2D eigenvalue weighted by Gasteiger charge is 2.45. The van der Waals surface area contributed by atoms with Crippen molar-refractivity contribution in [2.75, 3.05) is 90.5 Å². The highest BCUT2D eigenvalue weighted by molar-refractivity contribution is 6.10. The fraction of sp³-hybridized carbons (Fsp3) is 0.605. The molecule has 3 saturated heterocycles. The van der Waals surface area contributed by atoms with Crippen LogP contribution in [-0.4, -0.2) is 139 Å². The van der Waals surface area contributed by atoms with Gasteiger partial charge in [0, 0.05) is 76.0 Å². The second-order valence-electron chi connectivity index (χ2n) is 16.6. The number of fused-ring (bicyclic) bond motifs is 1. The summed E-state index contributed by atoms with van der Waals surface area (Å²) in [6.07, 6.45) is -0.124. The minimum atomic E-state index is -4.67. The number of carbonyl (C=O) groups is 4. The lowest BCUT2D eigenvalue weighted by atomic mass is 9.75. The number of anilines is 1. The number of carbonyl (C=O) groups excluding carboxylic acids is 4. The van der Waals surface area contributed by atoms with Gasteiger partial charge in [-0.2, -0.15) is 18.2 Å². The number of pyridine rings is 1. The average molecular weight is 885 g/mol. The molecule has 0 unspecified atom stereocenters. The molecule has 3 aromatic rings. The number of nitrogens with one attached hydrogen (secondary N) is 1. The summed E-state index contributed by atoms with van der Waals surface area (Å²) in [5.74, 6) is 0.168. The lowest BCUT2D eigenvalue weighted by molar-refractivity contribution is -0.139. The molecule has 7 rings (SSSR count). The van der Waals surface area contributed by atoms with Crippen LogP contribution in [-0.2, 0) is 71.5 Å². The van der Waals surface area contributed by atoms with Crippen molar-refractivity contribution in [3.05, 3.63) is 64.2 Å². The van der Waals surface area contributed by atoms with Crippen LogP contribution in [0.2, 0.25) is 0 Å². The molecular weight excluding hydrogens is 830 g/mol. The summed E-state index contributed by atoms with van der Waals surface area (Å²) in [5, 5.41) is 11.0. The SMILES string of the molecule is C[C@H]1CCCN(Cc2cc3c(c(C(F)(F)F)c2)CN(c2cc(C4(Cc5nncn5C)COC4)cc(OCCOCCOCCOCCNC(=O)CCN4C(=O)CCC4=O)n2)C3=O)C1. The summed E-state index contributed by atoms with van der Waals surface area (Å²) in [7, 11) is 1.84. The molecule has 0 saturated carbocycles. The standard InChI is InChI=1S/C43H55F3N8O9/c1-29-4-3-9-52(23-29)24-30-18-32-33(34(19-30)43(44,45)46)25-54(41(32)58)35-20-31(42(26-62-27-42)22-36-50-48-28-51(36)2)21-38(49-35)63-17-16-61-15-14-60-13-12-59-11-8-47-37(55)7-10-53-39(56)5-6-40(53)57/h18-21,28-29H,3-17,22-27H2,1-2H3,(H,47,55)/t29-/m0/s1. The smallest absolute Gasteiger partial charge is 0.416 e. The van der Waals surface area contributed by atoms with Gasteiger partial charge in [-0.1, -0.05) is 6.92 Å². The van der Waals surface area contributed by atoms with Crippen molar-refractivity contribution in [1.29, 1.82) is 0 Å². The highest BCUT2D eigenvalue weighted by atomic mass is 19.4. The topological polar surface area (TPSA) is 180 Å². The van der Waals surface area contributed by atoms with Gasteiger partial charge in [0.2, 0.25) is 23.6 Å². The first kappa shape index (κ1) is 46.0. The Morgan fingerprint density at radius 3 is 2.33 bits per heavy atom. The first-order chi connectivity index (χ1) is 30.3. The number of piperidine rings is 1. The number of aromatic nitrogens is 4. The molecule has 4 amide bonds. The first-order valence-corrected chi connectivity index (χ1v) is 21.5. The number of alkyl halides is 3. The molecule has 6 heterocycles. The van der Waals surface area contributed by atoms with Gasteiger partial charge >= 0.3 is 6.18 Å². The summed E-state index contributed by atoms with van der Waals surface area (Å²) in [5.41, 5.74) is -0.248. The summed E-state index contributed by atoms with van der Waals surface area (Å²) in [4.78, 5) is 58.7. The molecule has 4 aliphatic heterocycles. The maximum Gasteiger partial charge on any atom is 0.416 e. The predicted octanol–water partition coefficient (Wildman–Crippen LogP) is 3.22. The van der Waals surface area contributed by atoms with Gasteiger partial charge in [0.25, 0.3) is 5.91 Å². The van der Waals surface area contributed by atoms with E-state index in [1.54, 1.807) is 24.5 Å². The number of amides is 4. The van der Waals surface area contributed by atoms with Crippen molar-refractivity contribution in [1.82, 2.24) is 34.9 Å². The third kappa shape index (κ3) is 11.6. The van der Waals surface area contributed by atoms with Crippen LogP contribution in [0.4, 0.5) is 19.0 Å². The zero-order valence-electron chi connectivity index (χ0n) is 35.8. The number of imide groups is 1. The van der Waals surface area contributed by atoms with Gasteiger partial charge in [-0.05, 0) is 60.2 Å². The molecule has 342 valence electrons. The summed E-state index contributed by atoms with van der Waals surface area (Å²) < 4.78 is 74.3. The Balaban J connectivity index is 0.922. The van der Waals surface area contributed by atoms with E-state index < -0.39 is 23.1 Å². The van der Waals surface area contributed by atoms with Crippen molar-refractivity contribution >= 4 is 29.4 Å². The summed E-state index contributed by atoms with van der Waals surface area (Å²) in [6.45, 7) is 6.45. The molecule has 63 heavy (non-hydrogen) atoms. The van der Waals surface area contributed by atoms with E-state index in [1.165, 1.54) is 11.0 Å². The zero-order chi connectivity index (χ0) is 44.6.